The number of rotatable bonds is 61. The van der Waals surface area contributed by atoms with Gasteiger partial charge in [-0.15, -0.1) is 0 Å². The van der Waals surface area contributed by atoms with E-state index in [2.05, 4.69) is 118 Å². The third-order valence-electron chi connectivity index (χ3n) is 14.6. The van der Waals surface area contributed by atoms with Crippen LogP contribution in [0.2, 0.25) is 0 Å². The highest BCUT2D eigenvalue weighted by molar-refractivity contribution is 5.71. The Morgan fingerprint density at radius 1 is 0.266 bits per heavy atom. The second-order valence-corrected chi connectivity index (χ2v) is 22.4. The first kappa shape index (κ1) is 75.3. The number of hydrogen-bond donors (Lipinski definition) is 0. The van der Waals surface area contributed by atoms with E-state index in [-0.39, 0.29) is 31.1 Å². The molecule has 0 N–H and O–H groups in total. The Balaban J connectivity index is 4.12. The molecule has 454 valence electrons. The van der Waals surface area contributed by atoms with Gasteiger partial charge < -0.3 is 14.2 Å². The van der Waals surface area contributed by atoms with Crippen LogP contribution in [-0.4, -0.2) is 37.2 Å². The molecule has 0 amide bonds. The summed E-state index contributed by atoms with van der Waals surface area (Å²) in [5, 5.41) is 0. The van der Waals surface area contributed by atoms with Crippen LogP contribution in [0.25, 0.3) is 0 Å². The number of carbonyl (C=O) groups excluding carboxylic acids is 3. The lowest BCUT2D eigenvalue weighted by Gasteiger charge is -2.18. The molecule has 0 saturated heterocycles. The van der Waals surface area contributed by atoms with Crippen LogP contribution in [0.1, 0.15) is 329 Å². The van der Waals surface area contributed by atoms with E-state index in [1.165, 1.54) is 167 Å². The smallest absolute Gasteiger partial charge is 0.306 e. The maximum absolute atomic E-state index is 12.9. The van der Waals surface area contributed by atoms with E-state index in [4.69, 9.17) is 14.2 Å². The molecule has 0 radical (unpaired) electrons. The van der Waals surface area contributed by atoms with Crippen molar-refractivity contribution in [2.24, 2.45) is 0 Å². The van der Waals surface area contributed by atoms with Gasteiger partial charge in [0.15, 0.2) is 6.10 Å². The Bertz CT molecular complexity index is 1540. The fraction of sp³-hybridized carbons (Fsp3) is 0.740. The summed E-state index contributed by atoms with van der Waals surface area (Å²) >= 11 is 0. The van der Waals surface area contributed by atoms with Gasteiger partial charge in [0.05, 0.1) is 0 Å². The van der Waals surface area contributed by atoms with Crippen LogP contribution in [0.4, 0.5) is 0 Å². The van der Waals surface area contributed by atoms with Crippen LogP contribution in [0.3, 0.4) is 0 Å². The number of esters is 3. The third kappa shape index (κ3) is 65.0. The van der Waals surface area contributed by atoms with Crippen molar-refractivity contribution in [2.75, 3.05) is 13.2 Å². The van der Waals surface area contributed by atoms with Crippen molar-refractivity contribution >= 4 is 17.9 Å². The summed E-state index contributed by atoms with van der Waals surface area (Å²) in [5.41, 5.74) is 0. The first-order valence-corrected chi connectivity index (χ1v) is 33.7. The summed E-state index contributed by atoms with van der Waals surface area (Å²) in [6.45, 7) is 6.48. The van der Waals surface area contributed by atoms with Gasteiger partial charge in [0.25, 0.3) is 0 Å². The first-order valence-electron chi connectivity index (χ1n) is 33.7. The van der Waals surface area contributed by atoms with E-state index in [0.717, 1.165) is 122 Å². The van der Waals surface area contributed by atoms with Crippen molar-refractivity contribution < 1.29 is 28.6 Å². The Kier molecular flexibility index (Phi) is 63.7. The van der Waals surface area contributed by atoms with Crippen LogP contribution >= 0.6 is 0 Å². The Morgan fingerprint density at radius 3 is 0.772 bits per heavy atom. The number of ether oxygens (including phenoxy) is 3. The van der Waals surface area contributed by atoms with Gasteiger partial charge in [-0.2, -0.15) is 0 Å². The molecule has 0 aliphatic heterocycles. The highest BCUT2D eigenvalue weighted by Gasteiger charge is 2.19. The molecule has 1 unspecified atom stereocenters. The SMILES string of the molecule is CC/C=C\C/C=C\C/C=C\C/C=C\C/C=C\C/C=C\C/C=C\C/C=C\CCCCCCC(=O)OCC(COC(=O)CCCCCCCC)OC(=O)CCCCCCCCCCCCCCCCCCCCCCCCCCCC. The number of hydrogen-bond acceptors (Lipinski definition) is 6. The van der Waals surface area contributed by atoms with E-state index in [9.17, 15) is 14.4 Å². The molecule has 0 heterocycles. The van der Waals surface area contributed by atoms with Crippen LogP contribution in [0.5, 0.6) is 0 Å². The molecule has 0 saturated carbocycles. The fourth-order valence-corrected chi connectivity index (χ4v) is 9.58. The maximum atomic E-state index is 12.9. The predicted octanol–water partition coefficient (Wildman–Crippen LogP) is 23.2. The lowest BCUT2D eigenvalue weighted by molar-refractivity contribution is -0.167. The molecule has 0 spiro atoms. The molecule has 0 aliphatic carbocycles. The van der Waals surface area contributed by atoms with Gasteiger partial charge in [-0.1, -0.05) is 323 Å². The summed E-state index contributed by atoms with van der Waals surface area (Å²) in [7, 11) is 0. The molecule has 0 bridgehead atoms. The molecule has 0 aromatic carbocycles. The zero-order valence-corrected chi connectivity index (χ0v) is 52.1. The highest BCUT2D eigenvalue weighted by Crippen LogP contribution is 2.17. The number of carbonyl (C=O) groups is 3. The molecular weight excluding hydrogens is 973 g/mol. The van der Waals surface area contributed by atoms with Crippen LogP contribution < -0.4 is 0 Å². The van der Waals surface area contributed by atoms with Gasteiger partial charge in [-0.05, 0) is 83.5 Å². The van der Waals surface area contributed by atoms with Crippen LogP contribution in [0.15, 0.2) is 97.2 Å². The largest absolute Gasteiger partial charge is 0.462 e. The zero-order chi connectivity index (χ0) is 57.1. The van der Waals surface area contributed by atoms with Crippen molar-refractivity contribution in [3.63, 3.8) is 0 Å². The molecule has 0 rings (SSSR count). The number of unbranched alkanes of at least 4 members (excludes halogenated alkanes) is 34. The lowest BCUT2D eigenvalue weighted by atomic mass is 10.0. The van der Waals surface area contributed by atoms with Gasteiger partial charge in [-0.25, -0.2) is 0 Å². The van der Waals surface area contributed by atoms with E-state index in [0.29, 0.717) is 19.3 Å². The molecule has 6 heteroatoms. The molecule has 0 aliphatic rings. The average Bonchev–Trinajstić information content (AvgIpc) is 3.45. The van der Waals surface area contributed by atoms with Crippen LogP contribution in [0, 0.1) is 0 Å². The summed E-state index contributed by atoms with van der Waals surface area (Å²) in [5.74, 6) is -0.907. The van der Waals surface area contributed by atoms with Crippen molar-refractivity contribution in [1.82, 2.24) is 0 Å². The highest BCUT2D eigenvalue weighted by atomic mass is 16.6. The standard InChI is InChI=1S/C73H126O6/c1-4-7-10-13-16-18-20-22-24-26-28-30-32-34-36-37-38-40-41-43-45-47-49-51-53-55-57-60-63-66-72(75)78-69-70(68-77-71(74)65-62-59-15-12-9-6-3)79-73(76)67-64-61-58-56-54-52-50-48-46-44-42-39-35-33-31-29-27-25-23-21-19-17-14-11-8-5-2/h7,10,16,18,22,24,28,30,34,36,38,40,43,45,49,51,70H,4-6,8-9,11-15,17,19-21,23,25-27,29,31-33,35,37,39,41-42,44,46-48,50,52-69H2,1-3H3/b10-7-,18-16-,24-22-,30-28-,36-34-,40-38-,45-43-,51-49-. The minimum absolute atomic E-state index is 0.0834. The molecule has 1 atom stereocenters. The van der Waals surface area contributed by atoms with Crippen molar-refractivity contribution in [3.05, 3.63) is 97.2 Å². The van der Waals surface area contributed by atoms with Crippen LogP contribution in [-0.2, 0) is 28.6 Å². The van der Waals surface area contributed by atoms with Crippen molar-refractivity contribution in [1.29, 1.82) is 0 Å². The van der Waals surface area contributed by atoms with Crippen molar-refractivity contribution in [3.8, 4) is 0 Å². The molecule has 6 nitrogen and oxygen atoms in total. The van der Waals surface area contributed by atoms with Gasteiger partial charge in [0.1, 0.15) is 13.2 Å². The quantitative estimate of drug-likeness (QED) is 0.0261. The van der Waals surface area contributed by atoms with E-state index < -0.39 is 6.10 Å². The second kappa shape index (κ2) is 66.8. The van der Waals surface area contributed by atoms with Gasteiger partial charge in [0.2, 0.25) is 0 Å². The Hall–Kier alpha value is -3.67. The maximum Gasteiger partial charge on any atom is 0.306 e. The minimum atomic E-state index is -0.785. The molecule has 0 fully saturated rings. The Morgan fingerprint density at radius 2 is 0.494 bits per heavy atom. The van der Waals surface area contributed by atoms with E-state index >= 15 is 0 Å². The first-order chi connectivity index (χ1) is 39.0. The minimum Gasteiger partial charge on any atom is -0.462 e. The second-order valence-electron chi connectivity index (χ2n) is 22.4. The normalized spacial score (nSPS) is 12.7. The molecular formula is C73H126O6. The van der Waals surface area contributed by atoms with Crippen molar-refractivity contribution in [2.45, 2.75) is 335 Å². The lowest BCUT2D eigenvalue weighted by Crippen LogP contribution is -2.30. The number of allylic oxidation sites excluding steroid dienone is 16. The van der Waals surface area contributed by atoms with E-state index in [1.54, 1.807) is 0 Å². The fourth-order valence-electron chi connectivity index (χ4n) is 9.58. The summed E-state index contributed by atoms with van der Waals surface area (Å²) in [4.78, 5) is 38.1. The zero-order valence-electron chi connectivity index (χ0n) is 52.1. The summed E-state index contributed by atoms with van der Waals surface area (Å²) in [6, 6.07) is 0. The van der Waals surface area contributed by atoms with E-state index in [1.807, 2.05) is 0 Å². The Labute approximate surface area is 489 Å². The predicted molar refractivity (Wildman–Crippen MR) is 344 cm³/mol. The summed E-state index contributed by atoms with van der Waals surface area (Å²) in [6.07, 6.45) is 90.4. The summed E-state index contributed by atoms with van der Waals surface area (Å²) < 4.78 is 16.8. The molecule has 0 aromatic heterocycles. The van der Waals surface area contributed by atoms with Gasteiger partial charge in [-0.3, -0.25) is 14.4 Å². The molecule has 79 heavy (non-hydrogen) atoms. The van der Waals surface area contributed by atoms with Gasteiger partial charge >= 0.3 is 17.9 Å². The third-order valence-corrected chi connectivity index (χ3v) is 14.6. The van der Waals surface area contributed by atoms with Gasteiger partial charge in [0, 0.05) is 19.3 Å². The average molecular weight is 1100 g/mol. The topological polar surface area (TPSA) is 78.9 Å². The monoisotopic (exact) mass is 1100 g/mol. The molecule has 0 aromatic rings.